The third kappa shape index (κ3) is 4.12. The lowest BCUT2D eigenvalue weighted by Gasteiger charge is -2.19. The van der Waals surface area contributed by atoms with E-state index >= 15 is 0 Å². The van der Waals surface area contributed by atoms with E-state index in [9.17, 15) is 4.79 Å². The van der Waals surface area contributed by atoms with Crippen LogP contribution in [0, 0.1) is 5.92 Å². The molecule has 0 bridgehead atoms. The zero-order chi connectivity index (χ0) is 10.1. The molecule has 76 valence electrons. The lowest BCUT2D eigenvalue weighted by molar-refractivity contribution is 0.0523. The largest absolute Gasteiger partial charge is 0.444 e. The zero-order valence-corrected chi connectivity index (χ0v) is 8.33. The molecule has 0 aliphatic heterocycles. The summed E-state index contributed by atoms with van der Waals surface area (Å²) in [5.41, 5.74) is -0.452. The Morgan fingerprint density at radius 1 is 1.62 bits per heavy atom. The molecule has 2 atom stereocenters. The van der Waals surface area contributed by atoms with Crippen LogP contribution < -0.4 is 5.32 Å². The van der Waals surface area contributed by atoms with Gasteiger partial charge in [-0.2, -0.15) is 0 Å². The normalized spacial score (nSPS) is 26.8. The molecule has 0 heterocycles. The SMILES string of the molecule is CC(C)(C)OC(=O)NCC1CC1O. The van der Waals surface area contributed by atoms with Gasteiger partial charge < -0.3 is 15.2 Å². The molecule has 2 N–H and O–H groups in total. The van der Waals surface area contributed by atoms with Crippen molar-refractivity contribution < 1.29 is 14.6 Å². The molecule has 1 aliphatic rings. The monoisotopic (exact) mass is 187 g/mol. The first-order chi connectivity index (χ1) is 5.88. The van der Waals surface area contributed by atoms with Crippen LogP contribution in [-0.4, -0.2) is 29.4 Å². The summed E-state index contributed by atoms with van der Waals surface area (Å²) in [6.07, 6.45) is 0.150. The fourth-order valence-corrected chi connectivity index (χ4v) is 0.980. The second-order valence-corrected chi connectivity index (χ2v) is 4.45. The van der Waals surface area contributed by atoms with Crippen molar-refractivity contribution >= 4 is 6.09 Å². The summed E-state index contributed by atoms with van der Waals surface area (Å²) in [6.45, 7) is 5.96. The van der Waals surface area contributed by atoms with Gasteiger partial charge in [-0.05, 0) is 27.2 Å². The zero-order valence-electron chi connectivity index (χ0n) is 8.33. The standard InChI is InChI=1S/C9H17NO3/c1-9(2,3)13-8(12)10-5-6-4-7(6)11/h6-7,11H,4-5H2,1-3H3,(H,10,12). The first kappa shape index (κ1) is 10.3. The fraction of sp³-hybridized carbons (Fsp3) is 0.889. The van der Waals surface area contributed by atoms with E-state index in [1.165, 1.54) is 0 Å². The number of aliphatic hydroxyl groups excluding tert-OH is 1. The number of nitrogens with one attached hydrogen (secondary N) is 1. The summed E-state index contributed by atoms with van der Waals surface area (Å²) in [4.78, 5) is 11.1. The van der Waals surface area contributed by atoms with Gasteiger partial charge in [0.05, 0.1) is 6.10 Å². The van der Waals surface area contributed by atoms with Crippen molar-refractivity contribution in [3.63, 3.8) is 0 Å². The second kappa shape index (κ2) is 3.54. The van der Waals surface area contributed by atoms with E-state index in [-0.39, 0.29) is 12.0 Å². The minimum Gasteiger partial charge on any atom is -0.444 e. The van der Waals surface area contributed by atoms with Gasteiger partial charge in [0.15, 0.2) is 0 Å². The Balaban J connectivity index is 2.11. The minimum atomic E-state index is -0.452. The fourth-order valence-electron chi connectivity index (χ4n) is 0.980. The number of hydrogen-bond donors (Lipinski definition) is 2. The Hall–Kier alpha value is -0.770. The average Bonchev–Trinajstić information content (AvgIpc) is 2.58. The van der Waals surface area contributed by atoms with Crippen molar-refractivity contribution in [3.8, 4) is 0 Å². The lowest BCUT2D eigenvalue weighted by Crippen LogP contribution is -2.33. The number of hydrogen-bond acceptors (Lipinski definition) is 3. The molecule has 1 rings (SSSR count). The van der Waals surface area contributed by atoms with Crippen LogP contribution in [0.1, 0.15) is 27.2 Å². The lowest BCUT2D eigenvalue weighted by atomic mass is 10.2. The Kier molecular flexibility index (Phi) is 2.81. The number of amides is 1. The molecule has 0 aromatic carbocycles. The summed E-state index contributed by atoms with van der Waals surface area (Å²) in [7, 11) is 0. The van der Waals surface area contributed by atoms with E-state index in [0.29, 0.717) is 6.54 Å². The van der Waals surface area contributed by atoms with Crippen LogP contribution in [0.4, 0.5) is 4.79 Å². The van der Waals surface area contributed by atoms with Crippen molar-refractivity contribution in [1.82, 2.24) is 5.32 Å². The highest BCUT2D eigenvalue weighted by Gasteiger charge is 2.35. The first-order valence-corrected chi connectivity index (χ1v) is 4.53. The molecule has 0 spiro atoms. The third-order valence-corrected chi connectivity index (χ3v) is 1.79. The third-order valence-electron chi connectivity index (χ3n) is 1.79. The van der Waals surface area contributed by atoms with Crippen LogP contribution in [0.3, 0.4) is 0 Å². The Morgan fingerprint density at radius 3 is 2.54 bits per heavy atom. The number of alkyl carbamates (subject to hydrolysis) is 1. The molecule has 2 unspecified atom stereocenters. The maximum atomic E-state index is 11.1. The van der Waals surface area contributed by atoms with Gasteiger partial charge in [0.2, 0.25) is 0 Å². The second-order valence-electron chi connectivity index (χ2n) is 4.45. The van der Waals surface area contributed by atoms with Gasteiger partial charge in [-0.15, -0.1) is 0 Å². The molecule has 0 aromatic rings. The van der Waals surface area contributed by atoms with E-state index < -0.39 is 11.7 Å². The van der Waals surface area contributed by atoms with Crippen LogP contribution in [0.15, 0.2) is 0 Å². The van der Waals surface area contributed by atoms with E-state index in [4.69, 9.17) is 9.84 Å². The molecule has 1 amide bonds. The van der Waals surface area contributed by atoms with Gasteiger partial charge in [0, 0.05) is 12.5 Å². The maximum Gasteiger partial charge on any atom is 0.407 e. The molecule has 4 heteroatoms. The van der Waals surface area contributed by atoms with Crippen LogP contribution >= 0.6 is 0 Å². The molecular formula is C9H17NO3. The molecule has 13 heavy (non-hydrogen) atoms. The molecular weight excluding hydrogens is 170 g/mol. The van der Waals surface area contributed by atoms with Crippen molar-refractivity contribution in [2.45, 2.75) is 38.9 Å². The van der Waals surface area contributed by atoms with E-state index in [1.54, 1.807) is 0 Å². The van der Waals surface area contributed by atoms with Crippen molar-refractivity contribution in [2.75, 3.05) is 6.54 Å². The first-order valence-electron chi connectivity index (χ1n) is 4.53. The Bertz CT molecular complexity index is 198. The predicted octanol–water partition coefficient (Wildman–Crippen LogP) is 0.892. The Labute approximate surface area is 78.3 Å². The summed E-state index contributed by atoms with van der Waals surface area (Å²) < 4.78 is 5.02. The molecule has 0 radical (unpaired) electrons. The minimum absolute atomic E-state index is 0.227. The molecule has 4 nitrogen and oxygen atoms in total. The van der Waals surface area contributed by atoms with Gasteiger partial charge >= 0.3 is 6.09 Å². The quantitative estimate of drug-likeness (QED) is 0.675. The topological polar surface area (TPSA) is 58.6 Å². The van der Waals surface area contributed by atoms with Crippen LogP contribution in [0.2, 0.25) is 0 Å². The van der Waals surface area contributed by atoms with E-state index in [0.717, 1.165) is 6.42 Å². The van der Waals surface area contributed by atoms with Crippen molar-refractivity contribution in [3.05, 3.63) is 0 Å². The smallest absolute Gasteiger partial charge is 0.407 e. The average molecular weight is 187 g/mol. The van der Waals surface area contributed by atoms with Crippen LogP contribution in [0.25, 0.3) is 0 Å². The highest BCUT2D eigenvalue weighted by Crippen LogP contribution is 2.28. The summed E-state index contributed by atoms with van der Waals surface area (Å²) in [5.74, 6) is 0.229. The van der Waals surface area contributed by atoms with Gasteiger partial charge in [-0.1, -0.05) is 0 Å². The predicted molar refractivity (Wildman–Crippen MR) is 48.4 cm³/mol. The van der Waals surface area contributed by atoms with E-state index in [2.05, 4.69) is 5.32 Å². The van der Waals surface area contributed by atoms with Crippen molar-refractivity contribution in [2.24, 2.45) is 5.92 Å². The maximum absolute atomic E-state index is 11.1. The number of carbonyl (C=O) groups is 1. The number of ether oxygens (including phenoxy) is 1. The summed E-state index contributed by atoms with van der Waals surface area (Å²) in [6, 6.07) is 0. The number of carbonyl (C=O) groups excluding carboxylic acids is 1. The van der Waals surface area contributed by atoms with Gasteiger partial charge in [-0.3, -0.25) is 0 Å². The van der Waals surface area contributed by atoms with E-state index in [1.807, 2.05) is 20.8 Å². The Morgan fingerprint density at radius 2 is 2.15 bits per heavy atom. The number of rotatable bonds is 2. The highest BCUT2D eigenvalue weighted by atomic mass is 16.6. The highest BCUT2D eigenvalue weighted by molar-refractivity contribution is 5.67. The van der Waals surface area contributed by atoms with Gasteiger partial charge in [0.1, 0.15) is 5.60 Å². The summed E-state index contributed by atoms with van der Waals surface area (Å²) in [5, 5.41) is 11.6. The van der Waals surface area contributed by atoms with Gasteiger partial charge in [-0.25, -0.2) is 4.79 Å². The summed E-state index contributed by atoms with van der Waals surface area (Å²) >= 11 is 0. The number of aliphatic hydroxyl groups is 1. The molecule has 0 aromatic heterocycles. The molecule has 1 saturated carbocycles. The van der Waals surface area contributed by atoms with Crippen molar-refractivity contribution in [1.29, 1.82) is 0 Å². The van der Waals surface area contributed by atoms with Gasteiger partial charge in [0.25, 0.3) is 0 Å². The molecule has 1 aliphatic carbocycles. The molecule has 1 fully saturated rings. The van der Waals surface area contributed by atoms with Crippen LogP contribution in [-0.2, 0) is 4.74 Å². The molecule has 0 saturated heterocycles. The van der Waals surface area contributed by atoms with Crippen LogP contribution in [0.5, 0.6) is 0 Å².